The molecular formula is C14H11ClF3N3. The van der Waals surface area contributed by atoms with Crippen LogP contribution >= 0.6 is 11.6 Å². The van der Waals surface area contributed by atoms with Crippen LogP contribution in [0.5, 0.6) is 0 Å². The number of nitrogens with one attached hydrogen (secondary N) is 1. The highest BCUT2D eigenvalue weighted by Crippen LogP contribution is 2.31. The minimum absolute atomic E-state index is 0.102. The molecule has 0 fully saturated rings. The fourth-order valence-electron chi connectivity index (χ4n) is 1.60. The Balaban J connectivity index is 2.48. The highest BCUT2D eigenvalue weighted by atomic mass is 35.5. The lowest BCUT2D eigenvalue weighted by molar-refractivity contribution is -0.141. The Morgan fingerprint density at radius 1 is 1.19 bits per heavy atom. The molecule has 0 aliphatic carbocycles. The summed E-state index contributed by atoms with van der Waals surface area (Å²) in [5.41, 5.74) is -0.316. The molecule has 21 heavy (non-hydrogen) atoms. The molecule has 0 radical (unpaired) electrons. The van der Waals surface area contributed by atoms with Gasteiger partial charge in [-0.15, -0.1) is 6.58 Å². The van der Waals surface area contributed by atoms with Crippen molar-refractivity contribution in [3.05, 3.63) is 53.7 Å². The van der Waals surface area contributed by atoms with E-state index in [1.165, 1.54) is 6.08 Å². The molecule has 0 saturated carbocycles. The van der Waals surface area contributed by atoms with Gasteiger partial charge in [-0.2, -0.15) is 13.2 Å². The fraction of sp³-hybridized carbons (Fsp3) is 0.143. The molecule has 3 nitrogen and oxygen atoms in total. The molecule has 1 aromatic carbocycles. The molecule has 1 heterocycles. The third-order valence-corrected chi connectivity index (χ3v) is 2.81. The Kier molecular flexibility index (Phi) is 4.47. The number of alkyl halides is 3. The van der Waals surface area contributed by atoms with Gasteiger partial charge < -0.3 is 5.32 Å². The summed E-state index contributed by atoms with van der Waals surface area (Å²) in [4.78, 5) is 7.54. The molecule has 0 spiro atoms. The molecule has 0 saturated heterocycles. The van der Waals surface area contributed by atoms with E-state index >= 15 is 0 Å². The summed E-state index contributed by atoms with van der Waals surface area (Å²) in [5.74, 6) is -0.102. The fourth-order valence-corrected chi connectivity index (χ4v) is 1.73. The van der Waals surface area contributed by atoms with E-state index in [1.807, 2.05) is 0 Å². The lowest BCUT2D eigenvalue weighted by Crippen LogP contribution is -2.12. The second-order valence-electron chi connectivity index (χ2n) is 4.14. The second kappa shape index (κ2) is 6.13. The second-order valence-corrected chi connectivity index (χ2v) is 4.57. The van der Waals surface area contributed by atoms with Crippen LogP contribution in [0.1, 0.15) is 5.69 Å². The first-order valence-electron chi connectivity index (χ1n) is 5.97. The summed E-state index contributed by atoms with van der Waals surface area (Å²) in [6.45, 7) is 3.75. The standard InChI is InChI=1S/C14H11ClF3N3/c1-2-7-19-13-20-11(8-12(21-13)14(16,17)18)9-3-5-10(15)6-4-9/h2-6,8H,1,7H2,(H,19,20,21). The lowest BCUT2D eigenvalue weighted by Gasteiger charge is -2.11. The van der Waals surface area contributed by atoms with E-state index in [0.717, 1.165) is 6.07 Å². The Morgan fingerprint density at radius 2 is 1.86 bits per heavy atom. The van der Waals surface area contributed by atoms with Crippen LogP contribution in [0.4, 0.5) is 19.1 Å². The predicted octanol–water partition coefficient (Wildman–Crippen LogP) is 4.41. The van der Waals surface area contributed by atoms with E-state index in [-0.39, 0.29) is 18.2 Å². The minimum Gasteiger partial charge on any atom is -0.351 e. The van der Waals surface area contributed by atoms with Crippen LogP contribution < -0.4 is 5.32 Å². The van der Waals surface area contributed by atoms with Crippen molar-refractivity contribution in [3.63, 3.8) is 0 Å². The van der Waals surface area contributed by atoms with Gasteiger partial charge in [-0.1, -0.05) is 29.8 Å². The van der Waals surface area contributed by atoms with Crippen molar-refractivity contribution in [2.45, 2.75) is 6.18 Å². The summed E-state index contributed by atoms with van der Waals surface area (Å²) >= 11 is 5.77. The van der Waals surface area contributed by atoms with Crippen LogP contribution in [0.15, 0.2) is 43.0 Å². The van der Waals surface area contributed by atoms with Gasteiger partial charge in [-0.3, -0.25) is 0 Å². The van der Waals surface area contributed by atoms with Crippen molar-refractivity contribution in [1.29, 1.82) is 0 Å². The van der Waals surface area contributed by atoms with Crippen molar-refractivity contribution in [2.24, 2.45) is 0 Å². The van der Waals surface area contributed by atoms with Crippen LogP contribution in [0.3, 0.4) is 0 Å². The van der Waals surface area contributed by atoms with Gasteiger partial charge in [-0.05, 0) is 18.2 Å². The van der Waals surface area contributed by atoms with Crippen molar-refractivity contribution in [3.8, 4) is 11.3 Å². The number of hydrogen-bond acceptors (Lipinski definition) is 3. The van der Waals surface area contributed by atoms with Crippen molar-refractivity contribution >= 4 is 17.5 Å². The molecule has 7 heteroatoms. The topological polar surface area (TPSA) is 37.8 Å². The van der Waals surface area contributed by atoms with Crippen LogP contribution in [0.2, 0.25) is 5.02 Å². The molecule has 0 bridgehead atoms. The van der Waals surface area contributed by atoms with E-state index in [1.54, 1.807) is 24.3 Å². The molecule has 2 rings (SSSR count). The maximum absolute atomic E-state index is 12.9. The number of hydrogen-bond donors (Lipinski definition) is 1. The summed E-state index contributed by atoms with van der Waals surface area (Å²) in [5, 5.41) is 3.16. The van der Waals surface area contributed by atoms with Gasteiger partial charge in [0.05, 0.1) is 5.69 Å². The Hall–Kier alpha value is -2.08. The van der Waals surface area contributed by atoms with Crippen LogP contribution in [-0.4, -0.2) is 16.5 Å². The quantitative estimate of drug-likeness (QED) is 0.849. The van der Waals surface area contributed by atoms with E-state index in [4.69, 9.17) is 11.6 Å². The van der Waals surface area contributed by atoms with Gasteiger partial charge in [0.2, 0.25) is 5.95 Å². The van der Waals surface area contributed by atoms with Crippen molar-refractivity contribution < 1.29 is 13.2 Å². The van der Waals surface area contributed by atoms with E-state index in [9.17, 15) is 13.2 Å². The Bertz CT molecular complexity index is 639. The Labute approximate surface area is 124 Å². The van der Waals surface area contributed by atoms with Gasteiger partial charge in [0.25, 0.3) is 0 Å². The Morgan fingerprint density at radius 3 is 2.43 bits per heavy atom. The van der Waals surface area contributed by atoms with Gasteiger partial charge in [0, 0.05) is 17.1 Å². The first-order chi connectivity index (χ1) is 9.90. The number of nitrogens with zero attached hydrogens (tertiary/aromatic N) is 2. The van der Waals surface area contributed by atoms with Gasteiger partial charge in [0.15, 0.2) is 5.69 Å². The zero-order valence-corrected chi connectivity index (χ0v) is 11.5. The summed E-state index contributed by atoms with van der Waals surface area (Å²) in [6.07, 6.45) is -3.04. The molecule has 0 aliphatic rings. The molecule has 0 unspecified atom stereocenters. The molecule has 1 N–H and O–H groups in total. The maximum atomic E-state index is 12.9. The maximum Gasteiger partial charge on any atom is 0.433 e. The van der Waals surface area contributed by atoms with Gasteiger partial charge >= 0.3 is 6.18 Å². The molecule has 0 atom stereocenters. The number of benzene rings is 1. The smallest absolute Gasteiger partial charge is 0.351 e. The largest absolute Gasteiger partial charge is 0.433 e. The lowest BCUT2D eigenvalue weighted by atomic mass is 10.1. The predicted molar refractivity (Wildman–Crippen MR) is 76.2 cm³/mol. The first-order valence-corrected chi connectivity index (χ1v) is 6.35. The van der Waals surface area contributed by atoms with E-state index in [2.05, 4.69) is 21.9 Å². The number of anilines is 1. The zero-order valence-electron chi connectivity index (χ0n) is 10.8. The highest BCUT2D eigenvalue weighted by Gasteiger charge is 2.33. The number of rotatable bonds is 4. The van der Waals surface area contributed by atoms with Crippen molar-refractivity contribution in [1.82, 2.24) is 9.97 Å². The SMILES string of the molecule is C=CCNc1nc(-c2ccc(Cl)cc2)cc(C(F)(F)F)n1. The molecular weight excluding hydrogens is 303 g/mol. The average molecular weight is 314 g/mol. The summed E-state index contributed by atoms with van der Waals surface area (Å²) in [6, 6.07) is 7.28. The molecule has 0 amide bonds. The van der Waals surface area contributed by atoms with Gasteiger partial charge in [-0.25, -0.2) is 9.97 Å². The van der Waals surface area contributed by atoms with E-state index < -0.39 is 11.9 Å². The third kappa shape index (κ3) is 3.95. The number of aromatic nitrogens is 2. The first kappa shape index (κ1) is 15.3. The number of halogens is 4. The van der Waals surface area contributed by atoms with Crippen LogP contribution in [0, 0.1) is 0 Å². The highest BCUT2D eigenvalue weighted by molar-refractivity contribution is 6.30. The van der Waals surface area contributed by atoms with E-state index in [0.29, 0.717) is 10.6 Å². The van der Waals surface area contributed by atoms with Crippen LogP contribution in [-0.2, 0) is 6.18 Å². The van der Waals surface area contributed by atoms with Crippen LogP contribution in [0.25, 0.3) is 11.3 Å². The third-order valence-electron chi connectivity index (χ3n) is 2.56. The normalized spacial score (nSPS) is 11.2. The minimum atomic E-state index is -4.55. The average Bonchev–Trinajstić information content (AvgIpc) is 2.44. The summed E-state index contributed by atoms with van der Waals surface area (Å²) < 4.78 is 38.7. The monoisotopic (exact) mass is 313 g/mol. The zero-order chi connectivity index (χ0) is 15.5. The molecule has 0 aliphatic heterocycles. The molecule has 1 aromatic heterocycles. The molecule has 2 aromatic rings. The summed E-state index contributed by atoms with van der Waals surface area (Å²) in [7, 11) is 0. The molecule has 110 valence electrons. The van der Waals surface area contributed by atoms with Crippen molar-refractivity contribution in [2.75, 3.05) is 11.9 Å². The van der Waals surface area contributed by atoms with Gasteiger partial charge in [0.1, 0.15) is 0 Å².